The van der Waals surface area contributed by atoms with Crippen LogP contribution in [0.25, 0.3) is 0 Å². The molecule has 0 saturated heterocycles. The van der Waals surface area contributed by atoms with Crippen LogP contribution in [0.2, 0.25) is 0 Å². The highest BCUT2D eigenvalue weighted by Gasteiger charge is 2.13. The van der Waals surface area contributed by atoms with Crippen LogP contribution in [-0.4, -0.2) is 16.9 Å². The molecule has 22 heavy (non-hydrogen) atoms. The summed E-state index contributed by atoms with van der Waals surface area (Å²) in [7, 11) is 0. The van der Waals surface area contributed by atoms with Crippen LogP contribution in [0.4, 0.5) is 5.82 Å². The first-order valence-electron chi connectivity index (χ1n) is 6.67. The van der Waals surface area contributed by atoms with E-state index >= 15 is 0 Å². The van der Waals surface area contributed by atoms with Gasteiger partial charge in [0.05, 0.1) is 4.47 Å². The van der Waals surface area contributed by atoms with Gasteiger partial charge in [-0.05, 0) is 64.4 Å². The summed E-state index contributed by atoms with van der Waals surface area (Å²) in [5.41, 5.74) is 2.14. The zero-order valence-corrected chi connectivity index (χ0v) is 14.3. The fraction of sp³-hybridized carbons (Fsp3) is 0.200. The minimum absolute atomic E-state index is 0.277. The maximum atomic E-state index is 5.35. The average Bonchev–Trinajstić information content (AvgIpc) is 2.95. The zero-order chi connectivity index (χ0) is 15.5. The highest BCUT2D eigenvalue weighted by Crippen LogP contribution is 2.32. The lowest BCUT2D eigenvalue weighted by atomic mass is 10.2. The lowest BCUT2D eigenvalue weighted by molar-refractivity contribution is 0.174. The summed E-state index contributed by atoms with van der Waals surface area (Å²) in [6, 6.07) is 7.80. The molecule has 0 atom stereocenters. The Morgan fingerprint density at radius 2 is 2.14 bits per heavy atom. The van der Waals surface area contributed by atoms with Gasteiger partial charge in [0.2, 0.25) is 6.79 Å². The van der Waals surface area contributed by atoms with Gasteiger partial charge in [-0.1, -0.05) is 6.07 Å². The van der Waals surface area contributed by atoms with Crippen molar-refractivity contribution in [1.29, 1.82) is 0 Å². The van der Waals surface area contributed by atoms with Crippen LogP contribution in [0.5, 0.6) is 11.5 Å². The first-order valence-corrected chi connectivity index (χ1v) is 7.87. The Morgan fingerprint density at radius 1 is 1.32 bits per heavy atom. The first-order chi connectivity index (χ1) is 10.6. The Labute approximate surface area is 142 Å². The monoisotopic (exact) mass is 379 g/mol. The van der Waals surface area contributed by atoms with Crippen molar-refractivity contribution in [2.75, 3.05) is 12.1 Å². The largest absolute Gasteiger partial charge is 0.454 e. The summed E-state index contributed by atoms with van der Waals surface area (Å²) >= 11 is 8.75. The zero-order valence-electron chi connectivity index (χ0n) is 11.9. The molecule has 0 bridgehead atoms. The number of hydrogen-bond acceptors (Lipinski definition) is 4. The predicted molar refractivity (Wildman–Crippen MR) is 92.3 cm³/mol. The maximum Gasteiger partial charge on any atom is 0.231 e. The number of benzene rings is 1. The number of aryl methyl sites for hydroxylation is 1. The van der Waals surface area contributed by atoms with Crippen molar-refractivity contribution in [1.82, 2.24) is 10.3 Å². The van der Waals surface area contributed by atoms with Crippen LogP contribution in [0.15, 0.2) is 34.9 Å². The van der Waals surface area contributed by atoms with Crippen LogP contribution in [-0.2, 0) is 6.54 Å². The highest BCUT2D eigenvalue weighted by atomic mass is 79.9. The second-order valence-corrected chi connectivity index (χ2v) is 6.10. The van der Waals surface area contributed by atoms with Crippen molar-refractivity contribution < 1.29 is 9.47 Å². The summed E-state index contributed by atoms with van der Waals surface area (Å²) in [5, 5.41) is 6.72. The number of pyridine rings is 1. The quantitative estimate of drug-likeness (QED) is 0.797. The molecule has 0 fully saturated rings. The number of ether oxygens (including phenoxy) is 2. The number of rotatable bonds is 3. The first kappa shape index (κ1) is 15.1. The topological polar surface area (TPSA) is 55.4 Å². The molecule has 3 rings (SSSR count). The smallest absolute Gasteiger partial charge is 0.231 e. The van der Waals surface area contributed by atoms with Crippen molar-refractivity contribution in [3.63, 3.8) is 0 Å². The Morgan fingerprint density at radius 3 is 2.95 bits per heavy atom. The van der Waals surface area contributed by atoms with Gasteiger partial charge in [0.15, 0.2) is 16.6 Å². The summed E-state index contributed by atoms with van der Waals surface area (Å²) in [6.07, 6.45) is 1.79. The summed E-state index contributed by atoms with van der Waals surface area (Å²) < 4.78 is 11.5. The van der Waals surface area contributed by atoms with E-state index in [9.17, 15) is 0 Å². The van der Waals surface area contributed by atoms with Crippen molar-refractivity contribution in [3.8, 4) is 11.5 Å². The normalized spacial score (nSPS) is 12.1. The van der Waals surface area contributed by atoms with E-state index < -0.39 is 0 Å². The van der Waals surface area contributed by atoms with E-state index in [0.717, 1.165) is 27.1 Å². The Hall–Kier alpha value is -1.86. The molecular formula is C15H14BrN3O2S. The minimum Gasteiger partial charge on any atom is -0.454 e. The van der Waals surface area contributed by atoms with Crippen LogP contribution in [0.1, 0.15) is 11.1 Å². The third-order valence-electron chi connectivity index (χ3n) is 3.10. The minimum atomic E-state index is 0.277. The Bertz CT molecular complexity index is 724. The van der Waals surface area contributed by atoms with Crippen LogP contribution < -0.4 is 20.1 Å². The average molecular weight is 380 g/mol. The fourth-order valence-corrected chi connectivity index (χ4v) is 2.74. The van der Waals surface area contributed by atoms with Crippen molar-refractivity contribution in [2.24, 2.45) is 0 Å². The number of fused-ring (bicyclic) bond motifs is 1. The lowest BCUT2D eigenvalue weighted by Crippen LogP contribution is -2.28. The SMILES string of the molecule is Cc1cnc(NC(=S)NCc2ccc3c(c2)OCO3)c(Br)c1. The van der Waals surface area contributed by atoms with E-state index in [0.29, 0.717) is 17.5 Å². The van der Waals surface area contributed by atoms with Gasteiger partial charge in [-0.3, -0.25) is 0 Å². The van der Waals surface area contributed by atoms with Gasteiger partial charge < -0.3 is 20.1 Å². The molecule has 1 aliphatic rings. The maximum absolute atomic E-state index is 5.35. The third-order valence-corrected chi connectivity index (χ3v) is 3.95. The molecule has 1 aromatic heterocycles. The van der Waals surface area contributed by atoms with Gasteiger partial charge >= 0.3 is 0 Å². The number of anilines is 1. The molecule has 5 nitrogen and oxygen atoms in total. The molecule has 7 heteroatoms. The number of thiocarbonyl (C=S) groups is 1. The Balaban J connectivity index is 1.58. The molecule has 1 aliphatic heterocycles. The molecule has 114 valence electrons. The van der Waals surface area contributed by atoms with Gasteiger partial charge in [-0.15, -0.1) is 0 Å². The van der Waals surface area contributed by atoms with E-state index in [2.05, 4.69) is 31.5 Å². The van der Waals surface area contributed by atoms with Crippen molar-refractivity contribution in [2.45, 2.75) is 13.5 Å². The second kappa shape index (κ2) is 6.50. The molecule has 0 unspecified atom stereocenters. The molecule has 1 aromatic carbocycles. The molecule has 0 spiro atoms. The van der Waals surface area contributed by atoms with Crippen LogP contribution in [0.3, 0.4) is 0 Å². The van der Waals surface area contributed by atoms with E-state index in [1.807, 2.05) is 31.2 Å². The molecule has 2 N–H and O–H groups in total. The fourth-order valence-electron chi connectivity index (χ4n) is 2.01. The van der Waals surface area contributed by atoms with E-state index in [4.69, 9.17) is 21.7 Å². The second-order valence-electron chi connectivity index (χ2n) is 4.84. The van der Waals surface area contributed by atoms with Gasteiger partial charge in [0.1, 0.15) is 5.82 Å². The lowest BCUT2D eigenvalue weighted by Gasteiger charge is -2.11. The third kappa shape index (κ3) is 3.48. The summed E-state index contributed by atoms with van der Waals surface area (Å²) in [6.45, 7) is 2.85. The summed E-state index contributed by atoms with van der Waals surface area (Å²) in [5.74, 6) is 2.23. The molecular weight excluding hydrogens is 366 g/mol. The van der Waals surface area contributed by atoms with E-state index in [1.165, 1.54) is 0 Å². The number of hydrogen-bond donors (Lipinski definition) is 2. The Kier molecular flexibility index (Phi) is 4.44. The molecule has 0 saturated carbocycles. The molecule has 2 heterocycles. The molecule has 0 radical (unpaired) electrons. The standard InChI is InChI=1S/C15H14BrN3O2S/c1-9-4-11(16)14(17-6-9)19-15(22)18-7-10-2-3-12-13(5-10)21-8-20-12/h2-6H,7-8H2,1H3,(H2,17,18,19,22). The number of nitrogens with one attached hydrogen (secondary N) is 2. The van der Waals surface area contributed by atoms with Gasteiger partial charge in [0.25, 0.3) is 0 Å². The highest BCUT2D eigenvalue weighted by molar-refractivity contribution is 9.10. The number of nitrogens with zero attached hydrogens (tertiary/aromatic N) is 1. The van der Waals surface area contributed by atoms with Crippen molar-refractivity contribution >= 4 is 39.1 Å². The number of halogens is 1. The van der Waals surface area contributed by atoms with Gasteiger partial charge in [-0.25, -0.2) is 4.98 Å². The predicted octanol–water partition coefficient (Wildman–Crippen LogP) is 3.37. The van der Waals surface area contributed by atoms with Crippen LogP contribution in [0, 0.1) is 6.92 Å². The molecule has 0 amide bonds. The van der Waals surface area contributed by atoms with Gasteiger partial charge in [0, 0.05) is 12.7 Å². The van der Waals surface area contributed by atoms with E-state index in [-0.39, 0.29) is 6.79 Å². The summed E-state index contributed by atoms with van der Waals surface area (Å²) in [4.78, 5) is 4.30. The van der Waals surface area contributed by atoms with Gasteiger partial charge in [-0.2, -0.15) is 0 Å². The van der Waals surface area contributed by atoms with Crippen LogP contribution >= 0.6 is 28.1 Å². The molecule has 2 aromatic rings. The number of aromatic nitrogens is 1. The van der Waals surface area contributed by atoms with E-state index in [1.54, 1.807) is 6.20 Å². The molecule has 0 aliphatic carbocycles. The van der Waals surface area contributed by atoms with Crippen molar-refractivity contribution in [3.05, 3.63) is 46.1 Å².